The van der Waals surface area contributed by atoms with Crippen LogP contribution in [-0.4, -0.2) is 24.4 Å². The van der Waals surface area contributed by atoms with Gasteiger partial charge in [0.1, 0.15) is 5.82 Å². The number of hydrogen-bond donors (Lipinski definition) is 0. The molecule has 8 heteroatoms. The first-order valence-electron chi connectivity index (χ1n) is 11.2. The van der Waals surface area contributed by atoms with E-state index in [4.69, 9.17) is 5.10 Å². The number of thiazole rings is 1. The summed E-state index contributed by atoms with van der Waals surface area (Å²) in [7, 11) is 0. The predicted molar refractivity (Wildman–Crippen MR) is 140 cm³/mol. The average Bonchev–Trinajstić information content (AvgIpc) is 3.60. The molecule has 3 aromatic heterocycles. The number of nitrogens with zero attached hydrogens (tertiary/aromatic N) is 5. The number of rotatable bonds is 5. The van der Waals surface area contributed by atoms with E-state index in [1.807, 2.05) is 77.6 Å². The van der Waals surface area contributed by atoms with Gasteiger partial charge in [0.25, 0.3) is 5.56 Å². The van der Waals surface area contributed by atoms with Crippen molar-refractivity contribution in [3.8, 4) is 16.9 Å². The summed E-state index contributed by atoms with van der Waals surface area (Å²) in [5.74, 6) is 0.119. The van der Waals surface area contributed by atoms with Crippen LogP contribution in [0, 0.1) is 5.82 Å². The van der Waals surface area contributed by atoms with E-state index >= 15 is 0 Å². The van der Waals surface area contributed by atoms with Gasteiger partial charge in [0, 0.05) is 17.3 Å². The van der Waals surface area contributed by atoms with Gasteiger partial charge in [0.05, 0.1) is 15.9 Å². The average molecular weight is 492 g/mol. The van der Waals surface area contributed by atoms with E-state index in [9.17, 15) is 9.18 Å². The summed E-state index contributed by atoms with van der Waals surface area (Å²) in [5.41, 5.74) is 4.06. The summed E-state index contributed by atoms with van der Waals surface area (Å²) in [6, 6.07) is 25.8. The van der Waals surface area contributed by atoms with Crippen LogP contribution in [0.5, 0.6) is 0 Å². The Morgan fingerprint density at radius 2 is 1.56 bits per heavy atom. The zero-order valence-electron chi connectivity index (χ0n) is 18.8. The van der Waals surface area contributed by atoms with E-state index in [0.717, 1.165) is 28.1 Å². The van der Waals surface area contributed by atoms with Crippen molar-refractivity contribution in [1.82, 2.24) is 24.4 Å². The predicted octanol–water partition coefficient (Wildman–Crippen LogP) is 4.86. The fourth-order valence-corrected chi connectivity index (χ4v) is 4.74. The molecule has 0 saturated carbocycles. The molecular weight excluding hydrogens is 473 g/mol. The van der Waals surface area contributed by atoms with Crippen molar-refractivity contribution < 1.29 is 4.39 Å². The van der Waals surface area contributed by atoms with E-state index in [2.05, 4.69) is 10.1 Å². The maximum Gasteiger partial charge on any atom is 0.291 e. The maximum atomic E-state index is 13.1. The topological polar surface area (TPSA) is 65.1 Å². The Bertz CT molecular complexity index is 1800. The molecule has 0 unspecified atom stereocenters. The zero-order chi connectivity index (χ0) is 24.5. The molecule has 174 valence electrons. The van der Waals surface area contributed by atoms with Crippen molar-refractivity contribution in [2.45, 2.75) is 0 Å². The highest BCUT2D eigenvalue weighted by molar-refractivity contribution is 7.15. The van der Waals surface area contributed by atoms with Crippen LogP contribution in [0.3, 0.4) is 0 Å². The van der Waals surface area contributed by atoms with Crippen molar-refractivity contribution in [2.75, 3.05) is 0 Å². The minimum absolute atomic E-state index is 0.240. The fraction of sp³-hybridized carbons (Fsp3) is 0. The molecule has 0 fully saturated rings. The van der Waals surface area contributed by atoms with Crippen LogP contribution in [-0.2, 0) is 0 Å². The molecule has 0 atom stereocenters. The smallest absolute Gasteiger partial charge is 0.266 e. The van der Waals surface area contributed by atoms with Gasteiger partial charge in [-0.3, -0.25) is 4.79 Å². The minimum atomic E-state index is -0.294. The summed E-state index contributed by atoms with van der Waals surface area (Å²) in [6.07, 6.45) is 7.24. The molecule has 6 aromatic rings. The third kappa shape index (κ3) is 4.25. The highest BCUT2D eigenvalue weighted by atomic mass is 32.1. The van der Waals surface area contributed by atoms with E-state index in [1.165, 1.54) is 28.0 Å². The molecule has 0 radical (unpaired) electrons. The second-order valence-electron chi connectivity index (χ2n) is 8.04. The van der Waals surface area contributed by atoms with Gasteiger partial charge in [-0.25, -0.2) is 9.07 Å². The maximum absolute atomic E-state index is 13.1. The lowest BCUT2D eigenvalue weighted by Gasteiger charge is -2.00. The van der Waals surface area contributed by atoms with Crippen LogP contribution in [0.2, 0.25) is 0 Å². The molecule has 0 amide bonds. The molecule has 3 heterocycles. The van der Waals surface area contributed by atoms with E-state index in [0.29, 0.717) is 15.3 Å². The monoisotopic (exact) mass is 491 g/mol. The summed E-state index contributed by atoms with van der Waals surface area (Å²) >= 11 is 1.27. The SMILES string of the molecule is O=c1/c(=C\c2cn(-c3ccccc3)nc2-c2ccccc2)sc2nc(/C=C/c3ccc(F)cc3)nn12. The van der Waals surface area contributed by atoms with Crippen LogP contribution in [0.4, 0.5) is 4.39 Å². The molecule has 6 nitrogen and oxygen atoms in total. The van der Waals surface area contributed by atoms with Gasteiger partial charge in [0.15, 0.2) is 5.82 Å². The highest BCUT2D eigenvalue weighted by Gasteiger charge is 2.13. The number of para-hydroxylation sites is 1. The van der Waals surface area contributed by atoms with E-state index in [1.54, 1.807) is 24.3 Å². The molecule has 0 bridgehead atoms. The molecule has 6 rings (SSSR count). The number of aromatic nitrogens is 5. The van der Waals surface area contributed by atoms with Crippen molar-refractivity contribution >= 4 is 34.5 Å². The Morgan fingerprint density at radius 3 is 2.28 bits per heavy atom. The van der Waals surface area contributed by atoms with Gasteiger partial charge >= 0.3 is 0 Å². The van der Waals surface area contributed by atoms with Crippen molar-refractivity contribution in [2.24, 2.45) is 0 Å². The van der Waals surface area contributed by atoms with Crippen molar-refractivity contribution in [3.63, 3.8) is 0 Å². The summed E-state index contributed by atoms with van der Waals surface area (Å²) in [6.45, 7) is 0. The van der Waals surface area contributed by atoms with Gasteiger partial charge in [-0.2, -0.15) is 14.6 Å². The largest absolute Gasteiger partial charge is 0.291 e. The standard InChI is InChI=1S/C28H18FN5OS/c29-22-14-11-19(12-15-22)13-16-25-30-28-34(31-25)27(35)24(36-28)17-21-18-33(23-9-5-2-6-10-23)32-26(21)20-7-3-1-4-8-20/h1-18H/b16-13+,24-17+. The highest BCUT2D eigenvalue weighted by Crippen LogP contribution is 2.24. The number of benzene rings is 3. The molecule has 0 saturated heterocycles. The van der Waals surface area contributed by atoms with Crippen LogP contribution >= 0.6 is 11.3 Å². The lowest BCUT2D eigenvalue weighted by atomic mass is 10.1. The molecule has 3 aromatic carbocycles. The zero-order valence-corrected chi connectivity index (χ0v) is 19.6. The first kappa shape index (κ1) is 21.8. The third-order valence-corrected chi connectivity index (χ3v) is 6.55. The number of fused-ring (bicyclic) bond motifs is 1. The molecule has 0 aliphatic rings. The van der Waals surface area contributed by atoms with Crippen LogP contribution in [0.25, 0.3) is 40.1 Å². The Labute approximate surface area is 208 Å². The molecule has 0 N–H and O–H groups in total. The van der Waals surface area contributed by atoms with Crippen LogP contribution in [0.1, 0.15) is 17.0 Å². The lowest BCUT2D eigenvalue weighted by Crippen LogP contribution is -2.23. The van der Waals surface area contributed by atoms with E-state index in [-0.39, 0.29) is 11.4 Å². The van der Waals surface area contributed by atoms with E-state index < -0.39 is 0 Å². The molecule has 0 spiro atoms. The van der Waals surface area contributed by atoms with Gasteiger partial charge in [-0.05, 0) is 42.0 Å². The fourth-order valence-electron chi connectivity index (χ4n) is 3.83. The van der Waals surface area contributed by atoms with Crippen LogP contribution < -0.4 is 10.1 Å². The summed E-state index contributed by atoms with van der Waals surface area (Å²) in [4.78, 5) is 18.1. The number of hydrogen-bond acceptors (Lipinski definition) is 5. The molecule has 36 heavy (non-hydrogen) atoms. The summed E-state index contributed by atoms with van der Waals surface area (Å²) in [5, 5.41) is 9.15. The Hall–Kier alpha value is -4.69. The van der Waals surface area contributed by atoms with Crippen LogP contribution in [0.15, 0.2) is 95.9 Å². The van der Waals surface area contributed by atoms with Crippen molar-refractivity contribution in [1.29, 1.82) is 0 Å². The first-order chi connectivity index (χ1) is 17.6. The molecular formula is C28H18FN5OS. The van der Waals surface area contributed by atoms with Gasteiger partial charge in [0.2, 0.25) is 4.96 Å². The Balaban J connectivity index is 1.40. The second-order valence-corrected chi connectivity index (χ2v) is 9.05. The minimum Gasteiger partial charge on any atom is -0.266 e. The Morgan fingerprint density at radius 1 is 0.833 bits per heavy atom. The molecule has 0 aliphatic carbocycles. The second kappa shape index (κ2) is 9.16. The third-order valence-electron chi connectivity index (χ3n) is 5.59. The lowest BCUT2D eigenvalue weighted by molar-refractivity contribution is 0.628. The molecule has 0 aliphatic heterocycles. The first-order valence-corrected chi connectivity index (χ1v) is 12.0. The van der Waals surface area contributed by atoms with Gasteiger partial charge < -0.3 is 0 Å². The Kier molecular flexibility index (Phi) is 5.55. The number of halogens is 1. The summed E-state index contributed by atoms with van der Waals surface area (Å²) < 4.78 is 16.7. The van der Waals surface area contributed by atoms with Gasteiger partial charge in [-0.1, -0.05) is 78.1 Å². The van der Waals surface area contributed by atoms with Crippen molar-refractivity contribution in [3.05, 3.63) is 129 Å². The normalized spacial score (nSPS) is 12.2. The van der Waals surface area contributed by atoms with Gasteiger partial charge in [-0.15, -0.1) is 5.10 Å². The quantitative estimate of drug-likeness (QED) is 0.346.